The summed E-state index contributed by atoms with van der Waals surface area (Å²) in [6.07, 6.45) is 3.06. The first kappa shape index (κ1) is 20.2. The van der Waals surface area contributed by atoms with E-state index in [1.165, 1.54) is 25.4 Å². The molecule has 1 aliphatic heterocycles. The maximum atomic E-state index is 13.0. The number of ether oxygens (including phenoxy) is 2. The molecule has 2 aromatic heterocycles. The van der Waals surface area contributed by atoms with E-state index in [2.05, 4.69) is 4.98 Å². The molecular formula is C23H20N2O6. The Balaban J connectivity index is 1.83. The predicted molar refractivity (Wildman–Crippen MR) is 110 cm³/mol. The van der Waals surface area contributed by atoms with Crippen molar-refractivity contribution < 1.29 is 28.6 Å². The number of amides is 1. The molecule has 1 saturated heterocycles. The number of methoxy groups -OCH3 is 2. The van der Waals surface area contributed by atoms with Crippen LogP contribution in [0.3, 0.4) is 0 Å². The molecule has 1 unspecified atom stereocenters. The fraction of sp³-hybridized carbons (Fsp3) is 0.174. The molecule has 0 saturated carbocycles. The van der Waals surface area contributed by atoms with Crippen molar-refractivity contribution in [3.05, 3.63) is 83.6 Å². The van der Waals surface area contributed by atoms with Crippen molar-refractivity contribution in [2.45, 2.75) is 12.6 Å². The molecule has 8 nitrogen and oxygen atoms in total. The van der Waals surface area contributed by atoms with Crippen LogP contribution in [-0.2, 0) is 16.1 Å². The van der Waals surface area contributed by atoms with Crippen LogP contribution >= 0.6 is 0 Å². The molecule has 4 rings (SSSR count). The first-order valence-corrected chi connectivity index (χ1v) is 9.49. The molecule has 8 heteroatoms. The van der Waals surface area contributed by atoms with Crippen LogP contribution in [0, 0.1) is 0 Å². The fourth-order valence-electron chi connectivity index (χ4n) is 3.59. The lowest BCUT2D eigenvalue weighted by Crippen LogP contribution is -2.29. The van der Waals surface area contributed by atoms with Crippen LogP contribution in [0.5, 0.6) is 11.5 Å². The van der Waals surface area contributed by atoms with Gasteiger partial charge < -0.3 is 23.9 Å². The number of pyridine rings is 1. The molecule has 0 aliphatic carbocycles. The third-order valence-electron chi connectivity index (χ3n) is 5.07. The van der Waals surface area contributed by atoms with Gasteiger partial charge in [-0.3, -0.25) is 14.6 Å². The number of nitrogens with zero attached hydrogens (tertiary/aromatic N) is 2. The topological polar surface area (TPSA) is 102 Å². The number of Topliss-reactive ketones (excluding diaryl/α,β-unsaturated/α-hetero) is 1. The molecule has 31 heavy (non-hydrogen) atoms. The maximum absolute atomic E-state index is 13.0. The molecule has 158 valence electrons. The minimum absolute atomic E-state index is 0.0666. The predicted octanol–water partition coefficient (Wildman–Crippen LogP) is 3.31. The molecular weight excluding hydrogens is 400 g/mol. The molecule has 1 aliphatic rings. The molecule has 0 spiro atoms. The molecule has 1 amide bonds. The van der Waals surface area contributed by atoms with Crippen LogP contribution < -0.4 is 9.47 Å². The number of hydrogen-bond donors (Lipinski definition) is 1. The van der Waals surface area contributed by atoms with Gasteiger partial charge in [-0.1, -0.05) is 6.07 Å². The van der Waals surface area contributed by atoms with Crippen LogP contribution in [0.1, 0.15) is 23.1 Å². The van der Waals surface area contributed by atoms with Gasteiger partial charge in [0.15, 0.2) is 11.5 Å². The molecule has 1 atom stereocenters. The number of carbonyl (C=O) groups is 2. The van der Waals surface area contributed by atoms with Gasteiger partial charge in [0.25, 0.3) is 11.7 Å². The van der Waals surface area contributed by atoms with Crippen molar-refractivity contribution in [3.8, 4) is 11.5 Å². The molecule has 0 bridgehead atoms. The smallest absolute Gasteiger partial charge is 0.296 e. The van der Waals surface area contributed by atoms with Gasteiger partial charge in [-0.05, 0) is 42.5 Å². The number of aromatic nitrogens is 1. The standard InChI is InChI=1S/C23H20N2O6/c1-29-16-9-8-14(12-18(16)30-2)21(26)19-20(17-7-5-11-31-17)25(23(28)22(19)27)13-15-6-3-4-10-24-15/h3-12,20,26H,13H2,1-2H3/b21-19-. The highest BCUT2D eigenvalue weighted by Crippen LogP contribution is 2.41. The highest BCUT2D eigenvalue weighted by atomic mass is 16.5. The summed E-state index contributed by atoms with van der Waals surface area (Å²) in [7, 11) is 2.97. The lowest BCUT2D eigenvalue weighted by molar-refractivity contribution is -0.140. The van der Waals surface area contributed by atoms with Crippen molar-refractivity contribution in [2.75, 3.05) is 14.2 Å². The second-order valence-electron chi connectivity index (χ2n) is 6.83. The third kappa shape index (κ3) is 3.63. The van der Waals surface area contributed by atoms with Gasteiger partial charge in [-0.2, -0.15) is 0 Å². The number of carbonyl (C=O) groups excluding carboxylic acids is 2. The van der Waals surface area contributed by atoms with Gasteiger partial charge in [-0.25, -0.2) is 0 Å². The monoisotopic (exact) mass is 420 g/mol. The summed E-state index contributed by atoms with van der Waals surface area (Å²) in [5.41, 5.74) is 0.847. The fourth-order valence-corrected chi connectivity index (χ4v) is 3.59. The van der Waals surface area contributed by atoms with Gasteiger partial charge in [0.2, 0.25) is 0 Å². The van der Waals surface area contributed by atoms with E-state index < -0.39 is 17.7 Å². The largest absolute Gasteiger partial charge is 0.507 e. The zero-order valence-electron chi connectivity index (χ0n) is 16.9. The van der Waals surface area contributed by atoms with E-state index in [0.717, 1.165) is 0 Å². The van der Waals surface area contributed by atoms with Crippen LogP contribution in [0.2, 0.25) is 0 Å². The Bertz CT molecular complexity index is 1140. The first-order valence-electron chi connectivity index (χ1n) is 9.49. The Kier molecular flexibility index (Phi) is 5.44. The average molecular weight is 420 g/mol. The minimum Gasteiger partial charge on any atom is -0.507 e. The highest BCUT2D eigenvalue weighted by molar-refractivity contribution is 6.46. The zero-order chi connectivity index (χ0) is 22.0. The van der Waals surface area contributed by atoms with Crippen molar-refractivity contribution in [3.63, 3.8) is 0 Å². The zero-order valence-corrected chi connectivity index (χ0v) is 16.9. The van der Waals surface area contributed by atoms with Crippen molar-refractivity contribution >= 4 is 17.4 Å². The van der Waals surface area contributed by atoms with E-state index in [4.69, 9.17) is 13.9 Å². The van der Waals surface area contributed by atoms with E-state index in [1.54, 1.807) is 54.7 Å². The van der Waals surface area contributed by atoms with Crippen molar-refractivity contribution in [1.29, 1.82) is 0 Å². The molecule has 1 aromatic carbocycles. The second-order valence-corrected chi connectivity index (χ2v) is 6.83. The number of benzene rings is 1. The van der Waals surface area contributed by atoms with E-state index in [0.29, 0.717) is 28.5 Å². The van der Waals surface area contributed by atoms with E-state index in [1.807, 2.05) is 0 Å². The van der Waals surface area contributed by atoms with Crippen LogP contribution in [-0.4, -0.2) is 40.9 Å². The van der Waals surface area contributed by atoms with Gasteiger partial charge in [-0.15, -0.1) is 0 Å². The summed E-state index contributed by atoms with van der Waals surface area (Å²) >= 11 is 0. The van der Waals surface area contributed by atoms with Gasteiger partial charge in [0.05, 0.1) is 38.3 Å². The van der Waals surface area contributed by atoms with Crippen LogP contribution in [0.4, 0.5) is 0 Å². The number of aliphatic hydroxyl groups excluding tert-OH is 1. The second kappa shape index (κ2) is 8.35. The number of aliphatic hydroxyl groups is 1. The molecule has 1 N–H and O–H groups in total. The average Bonchev–Trinajstić information content (AvgIpc) is 3.41. The summed E-state index contributed by atoms with van der Waals surface area (Å²) in [4.78, 5) is 31.5. The number of rotatable bonds is 6. The summed E-state index contributed by atoms with van der Waals surface area (Å²) in [5.74, 6) is -0.666. The summed E-state index contributed by atoms with van der Waals surface area (Å²) in [6.45, 7) is 0.0828. The normalized spacial score (nSPS) is 17.7. The Hall–Kier alpha value is -4.07. The summed E-state index contributed by atoms with van der Waals surface area (Å²) in [6, 6.07) is 12.5. The maximum Gasteiger partial charge on any atom is 0.296 e. The molecule has 3 aromatic rings. The van der Waals surface area contributed by atoms with E-state index in [9.17, 15) is 14.7 Å². The quantitative estimate of drug-likeness (QED) is 0.371. The van der Waals surface area contributed by atoms with Gasteiger partial charge in [0, 0.05) is 11.8 Å². The van der Waals surface area contributed by atoms with Crippen LogP contribution in [0.25, 0.3) is 5.76 Å². The number of furan rings is 1. The lowest BCUT2D eigenvalue weighted by Gasteiger charge is -2.23. The number of ketones is 1. The Labute approximate surface area is 178 Å². The van der Waals surface area contributed by atoms with E-state index >= 15 is 0 Å². The number of likely N-dealkylation sites (tertiary alicyclic amines) is 1. The minimum atomic E-state index is -0.898. The summed E-state index contributed by atoms with van der Waals surface area (Å²) in [5, 5.41) is 11.1. The lowest BCUT2D eigenvalue weighted by atomic mass is 9.99. The summed E-state index contributed by atoms with van der Waals surface area (Å²) < 4.78 is 16.0. The first-order chi connectivity index (χ1) is 15.0. The molecule has 3 heterocycles. The Morgan fingerprint density at radius 3 is 2.55 bits per heavy atom. The Morgan fingerprint density at radius 2 is 1.90 bits per heavy atom. The molecule has 1 fully saturated rings. The van der Waals surface area contributed by atoms with Crippen LogP contribution in [0.15, 0.2) is 71.0 Å². The molecule has 0 radical (unpaired) electrons. The van der Waals surface area contributed by atoms with Gasteiger partial charge in [0.1, 0.15) is 17.6 Å². The number of hydrogen-bond acceptors (Lipinski definition) is 7. The van der Waals surface area contributed by atoms with Crippen molar-refractivity contribution in [1.82, 2.24) is 9.88 Å². The SMILES string of the molecule is COc1ccc(/C(O)=C2/C(=O)C(=O)N(Cc3ccccn3)C2c2ccco2)cc1OC. The third-order valence-corrected chi connectivity index (χ3v) is 5.07. The van der Waals surface area contributed by atoms with E-state index in [-0.39, 0.29) is 17.9 Å². The highest BCUT2D eigenvalue weighted by Gasteiger charge is 2.47. The van der Waals surface area contributed by atoms with Gasteiger partial charge >= 0.3 is 0 Å². The van der Waals surface area contributed by atoms with Crippen molar-refractivity contribution in [2.24, 2.45) is 0 Å². The Morgan fingerprint density at radius 1 is 1.10 bits per heavy atom.